The zero-order valence-electron chi connectivity index (χ0n) is 15.5. The van der Waals surface area contributed by atoms with Crippen LogP contribution in [0.2, 0.25) is 0 Å². The van der Waals surface area contributed by atoms with Gasteiger partial charge in [0.25, 0.3) is 5.91 Å². The van der Waals surface area contributed by atoms with E-state index in [0.717, 1.165) is 31.4 Å². The van der Waals surface area contributed by atoms with Gasteiger partial charge in [-0.25, -0.2) is 9.18 Å². The lowest BCUT2D eigenvalue weighted by Gasteiger charge is -2.26. The molecule has 0 fully saturated rings. The lowest BCUT2D eigenvalue weighted by atomic mass is 10.0. The Morgan fingerprint density at radius 1 is 1.18 bits per heavy atom. The third kappa shape index (κ3) is 5.67. The van der Waals surface area contributed by atoms with E-state index in [1.165, 1.54) is 24.3 Å². The zero-order chi connectivity index (χ0) is 19.8. The van der Waals surface area contributed by atoms with Crippen LogP contribution >= 0.6 is 0 Å². The van der Waals surface area contributed by atoms with Crippen molar-refractivity contribution in [3.05, 3.63) is 77.7 Å². The van der Waals surface area contributed by atoms with Gasteiger partial charge >= 0.3 is 5.97 Å². The molecular weight excluding hydrogens is 361 g/mol. The van der Waals surface area contributed by atoms with Crippen molar-refractivity contribution in [1.82, 2.24) is 4.90 Å². The van der Waals surface area contributed by atoms with Crippen molar-refractivity contribution in [2.45, 2.75) is 32.2 Å². The molecule has 6 heteroatoms. The van der Waals surface area contributed by atoms with Crippen LogP contribution in [-0.2, 0) is 20.9 Å². The Labute approximate surface area is 163 Å². The fourth-order valence-corrected chi connectivity index (χ4v) is 2.97. The first-order valence-electron chi connectivity index (χ1n) is 9.24. The summed E-state index contributed by atoms with van der Waals surface area (Å²) in [7, 11) is 0. The van der Waals surface area contributed by atoms with Crippen LogP contribution in [0.5, 0.6) is 0 Å². The van der Waals surface area contributed by atoms with E-state index in [1.807, 2.05) is 0 Å². The maximum Gasteiger partial charge on any atom is 0.331 e. The highest BCUT2D eigenvalue weighted by Gasteiger charge is 2.21. The summed E-state index contributed by atoms with van der Waals surface area (Å²) in [5, 5.41) is 0. The second kappa shape index (κ2) is 9.69. The predicted molar refractivity (Wildman–Crippen MR) is 102 cm³/mol. The van der Waals surface area contributed by atoms with Gasteiger partial charge in [-0.2, -0.15) is 0 Å². The molecule has 0 atom stereocenters. The Morgan fingerprint density at radius 2 is 2.00 bits per heavy atom. The van der Waals surface area contributed by atoms with Crippen molar-refractivity contribution in [1.29, 1.82) is 0 Å². The van der Waals surface area contributed by atoms with Crippen molar-refractivity contribution < 1.29 is 23.1 Å². The first-order chi connectivity index (χ1) is 13.6. The van der Waals surface area contributed by atoms with Crippen molar-refractivity contribution in [2.24, 2.45) is 0 Å². The number of ether oxygens (including phenoxy) is 1. The zero-order valence-corrected chi connectivity index (χ0v) is 15.5. The molecule has 0 bridgehead atoms. The van der Waals surface area contributed by atoms with Gasteiger partial charge in [-0.05, 0) is 61.6 Å². The van der Waals surface area contributed by atoms with Crippen molar-refractivity contribution in [3.8, 4) is 0 Å². The standard InChI is InChI=1S/C22H22FNO4/c23-18-11-8-17(9-12-18)10-13-22(26)28-16-21(25)24(15-20-7-4-14-27-20)19-5-2-1-3-6-19/h4-5,7-14H,1-3,6,15-16H2/b13-10+. The highest BCUT2D eigenvalue weighted by molar-refractivity contribution is 5.89. The van der Waals surface area contributed by atoms with Crippen molar-refractivity contribution in [3.63, 3.8) is 0 Å². The van der Waals surface area contributed by atoms with Crippen molar-refractivity contribution in [2.75, 3.05) is 6.61 Å². The van der Waals surface area contributed by atoms with E-state index in [2.05, 4.69) is 6.08 Å². The second-order valence-corrected chi connectivity index (χ2v) is 6.49. The number of carbonyl (C=O) groups is 2. The molecule has 1 amide bonds. The summed E-state index contributed by atoms with van der Waals surface area (Å²) in [4.78, 5) is 26.2. The molecule has 1 heterocycles. The molecule has 1 aliphatic carbocycles. The number of benzene rings is 1. The van der Waals surface area contributed by atoms with Gasteiger partial charge in [-0.1, -0.05) is 18.2 Å². The van der Waals surface area contributed by atoms with Crippen LogP contribution in [0.1, 0.15) is 37.0 Å². The van der Waals surface area contributed by atoms with Gasteiger partial charge in [0.1, 0.15) is 11.6 Å². The first kappa shape index (κ1) is 19.6. The molecule has 0 saturated heterocycles. The van der Waals surface area contributed by atoms with E-state index in [4.69, 9.17) is 9.15 Å². The number of amides is 1. The highest BCUT2D eigenvalue weighted by atomic mass is 19.1. The summed E-state index contributed by atoms with van der Waals surface area (Å²) in [5.74, 6) is -0.609. The molecule has 28 heavy (non-hydrogen) atoms. The van der Waals surface area contributed by atoms with E-state index < -0.39 is 5.97 Å². The number of esters is 1. The van der Waals surface area contributed by atoms with E-state index >= 15 is 0 Å². The maximum absolute atomic E-state index is 12.9. The van der Waals surface area contributed by atoms with Crippen LogP contribution in [-0.4, -0.2) is 23.4 Å². The van der Waals surface area contributed by atoms with Gasteiger partial charge in [0.05, 0.1) is 12.8 Å². The summed E-state index contributed by atoms with van der Waals surface area (Å²) < 4.78 is 23.3. The molecule has 2 aromatic rings. The van der Waals surface area contributed by atoms with E-state index in [0.29, 0.717) is 17.9 Å². The van der Waals surface area contributed by atoms with E-state index in [1.54, 1.807) is 35.4 Å². The Bertz CT molecular complexity index is 853. The number of hydrogen-bond donors (Lipinski definition) is 0. The second-order valence-electron chi connectivity index (χ2n) is 6.49. The molecule has 0 radical (unpaired) electrons. The molecule has 0 spiro atoms. The largest absolute Gasteiger partial charge is 0.467 e. The number of halogens is 1. The van der Waals surface area contributed by atoms with Crippen LogP contribution in [0, 0.1) is 5.82 Å². The number of rotatable bonds is 7. The monoisotopic (exact) mass is 383 g/mol. The summed E-state index contributed by atoms with van der Waals surface area (Å²) in [6.45, 7) is -0.0503. The van der Waals surface area contributed by atoms with Gasteiger partial charge < -0.3 is 14.1 Å². The Morgan fingerprint density at radius 3 is 2.68 bits per heavy atom. The summed E-state index contributed by atoms with van der Waals surface area (Å²) in [6.07, 6.45) is 10.2. The number of hydrogen-bond acceptors (Lipinski definition) is 4. The molecule has 0 N–H and O–H groups in total. The quantitative estimate of drug-likeness (QED) is 0.523. The van der Waals surface area contributed by atoms with Gasteiger partial charge in [0, 0.05) is 11.8 Å². The highest BCUT2D eigenvalue weighted by Crippen LogP contribution is 2.23. The third-order valence-electron chi connectivity index (χ3n) is 4.43. The topological polar surface area (TPSA) is 59.8 Å². The lowest BCUT2D eigenvalue weighted by Crippen LogP contribution is -2.34. The Hall–Kier alpha value is -3.15. The van der Waals surface area contributed by atoms with Crippen molar-refractivity contribution >= 4 is 18.0 Å². The molecule has 1 aromatic carbocycles. The fourth-order valence-electron chi connectivity index (χ4n) is 2.97. The van der Waals surface area contributed by atoms with E-state index in [-0.39, 0.29) is 18.3 Å². The van der Waals surface area contributed by atoms with Crippen LogP contribution in [0.25, 0.3) is 6.08 Å². The average molecular weight is 383 g/mol. The van der Waals surface area contributed by atoms with Gasteiger partial charge in [0.15, 0.2) is 6.61 Å². The van der Waals surface area contributed by atoms with Gasteiger partial charge in [-0.3, -0.25) is 4.79 Å². The maximum atomic E-state index is 12.9. The number of allylic oxidation sites excluding steroid dienone is 2. The van der Waals surface area contributed by atoms with Gasteiger partial charge in [0.2, 0.25) is 0 Å². The smallest absolute Gasteiger partial charge is 0.331 e. The minimum atomic E-state index is -0.631. The lowest BCUT2D eigenvalue weighted by molar-refractivity contribution is -0.147. The molecule has 146 valence electrons. The molecule has 3 rings (SSSR count). The average Bonchev–Trinajstić information content (AvgIpc) is 3.24. The molecule has 0 saturated carbocycles. The third-order valence-corrected chi connectivity index (χ3v) is 4.43. The molecule has 0 aliphatic heterocycles. The summed E-state index contributed by atoms with van der Waals surface area (Å²) >= 11 is 0. The molecule has 0 unspecified atom stereocenters. The van der Waals surface area contributed by atoms with Crippen LogP contribution in [0.4, 0.5) is 4.39 Å². The molecule has 1 aromatic heterocycles. The van der Waals surface area contributed by atoms with E-state index in [9.17, 15) is 14.0 Å². The predicted octanol–water partition coefficient (Wildman–Crippen LogP) is 4.46. The fraction of sp³-hybridized carbons (Fsp3) is 0.273. The normalized spacial score (nSPS) is 14.0. The SMILES string of the molecule is O=C(/C=C/c1ccc(F)cc1)OCC(=O)N(Cc1ccco1)C1=CCCCC1. The summed E-state index contributed by atoms with van der Waals surface area (Å²) in [6, 6.07) is 9.28. The molecule has 5 nitrogen and oxygen atoms in total. The minimum absolute atomic E-state index is 0.298. The van der Waals surface area contributed by atoms with Crippen LogP contribution < -0.4 is 0 Å². The Balaban J connectivity index is 1.58. The van der Waals surface area contributed by atoms with Gasteiger partial charge in [-0.15, -0.1) is 0 Å². The number of nitrogens with zero attached hydrogens (tertiary/aromatic N) is 1. The summed E-state index contributed by atoms with van der Waals surface area (Å²) in [5.41, 5.74) is 1.60. The van der Waals surface area contributed by atoms with Crippen LogP contribution in [0.15, 0.2) is 64.9 Å². The number of furan rings is 1. The first-order valence-corrected chi connectivity index (χ1v) is 9.24. The molecule has 1 aliphatic rings. The van der Waals surface area contributed by atoms with Crippen LogP contribution in [0.3, 0.4) is 0 Å². The Kier molecular flexibility index (Phi) is 6.78. The molecular formula is C22H22FNO4. The number of carbonyl (C=O) groups excluding carboxylic acids is 2. The minimum Gasteiger partial charge on any atom is -0.467 e.